The number of hydrogen-bond donors (Lipinski definition) is 10. The van der Waals surface area contributed by atoms with E-state index in [4.69, 9.17) is 38.3 Å². The number of esters is 2. The minimum absolute atomic E-state index is 0.0130. The molecular weight excluding hydrogens is 788 g/mol. The van der Waals surface area contributed by atoms with Gasteiger partial charge in [0.2, 0.25) is 0 Å². The average molecular weight is 849 g/mol. The van der Waals surface area contributed by atoms with Gasteiger partial charge in [0, 0.05) is 18.4 Å². The second-order valence-corrected chi connectivity index (χ2v) is 16.9. The predicted octanol–water partition coefficient (Wildman–Crippen LogP) is -2.48. The van der Waals surface area contributed by atoms with E-state index in [2.05, 4.69) is 0 Å². The van der Waals surface area contributed by atoms with Gasteiger partial charge in [-0.05, 0) is 76.0 Å². The van der Waals surface area contributed by atoms with Crippen LogP contribution in [0.15, 0.2) is 12.2 Å². The summed E-state index contributed by atoms with van der Waals surface area (Å²) in [5.41, 5.74) is 0. The largest absolute Gasteiger partial charge is 0.481 e. The molecule has 6 rings (SSSR count). The molecule has 6 aliphatic rings. The van der Waals surface area contributed by atoms with Crippen LogP contribution in [0.2, 0.25) is 0 Å². The van der Waals surface area contributed by atoms with Crippen molar-refractivity contribution in [1.82, 2.24) is 0 Å². The maximum absolute atomic E-state index is 12.6. The average Bonchev–Trinajstić information content (AvgIpc) is 3.20. The van der Waals surface area contributed by atoms with Crippen LogP contribution < -0.4 is 0 Å². The number of fused-ring (bicyclic) bond motifs is 1. The molecule has 16 atom stereocenters. The first kappa shape index (κ1) is 46.1. The summed E-state index contributed by atoms with van der Waals surface area (Å²) in [5.74, 6) is -3.88. The van der Waals surface area contributed by atoms with Gasteiger partial charge in [-0.3, -0.25) is 9.59 Å². The Kier molecular flexibility index (Phi) is 16.1. The molecule has 10 N–H and O–H groups in total. The highest BCUT2D eigenvalue weighted by Crippen LogP contribution is 2.45. The predicted molar refractivity (Wildman–Crippen MR) is 194 cm³/mol. The second kappa shape index (κ2) is 20.6. The van der Waals surface area contributed by atoms with E-state index >= 15 is 0 Å². The summed E-state index contributed by atoms with van der Waals surface area (Å²) >= 11 is 0. The number of aliphatic carboxylic acids is 1. The molecule has 0 spiro atoms. The molecule has 0 aromatic rings. The highest BCUT2D eigenvalue weighted by Gasteiger charge is 2.54. The van der Waals surface area contributed by atoms with Gasteiger partial charge in [0.1, 0.15) is 68.5 Å². The smallest absolute Gasteiger partial charge is 0.330 e. The van der Waals surface area contributed by atoms with E-state index in [0.29, 0.717) is 38.5 Å². The summed E-state index contributed by atoms with van der Waals surface area (Å²) in [7, 11) is 0. The third-order valence-electron chi connectivity index (χ3n) is 12.7. The zero-order valence-corrected chi connectivity index (χ0v) is 32.7. The molecule has 0 amide bonds. The van der Waals surface area contributed by atoms with Crippen LogP contribution in [0.3, 0.4) is 0 Å². The summed E-state index contributed by atoms with van der Waals surface area (Å²) in [6.45, 7) is -1.15. The first-order valence-electron chi connectivity index (χ1n) is 20.7. The molecule has 3 saturated heterocycles. The van der Waals surface area contributed by atoms with E-state index in [1.54, 1.807) is 6.08 Å². The second-order valence-electron chi connectivity index (χ2n) is 16.9. The number of rotatable bonds is 13. The topological polar surface area (TPSA) is 318 Å². The molecule has 3 heterocycles. The Morgan fingerprint density at radius 2 is 1.12 bits per heavy atom. The lowest BCUT2D eigenvalue weighted by molar-refractivity contribution is -0.344. The fraction of sp³-hybridized carbons (Fsp3) is 0.872. The van der Waals surface area contributed by atoms with E-state index in [0.717, 1.165) is 12.8 Å². The molecule has 59 heavy (non-hydrogen) atoms. The fourth-order valence-electron chi connectivity index (χ4n) is 9.26. The number of allylic oxidation sites excluding steroid dienone is 1. The third-order valence-corrected chi connectivity index (χ3v) is 12.7. The molecule has 16 unspecified atom stereocenters. The number of carboxylic acid groups (broad SMARTS) is 1. The number of carboxylic acids is 1. The fourth-order valence-corrected chi connectivity index (χ4v) is 9.26. The molecule has 3 aliphatic heterocycles. The minimum Gasteiger partial charge on any atom is -0.481 e. The molecule has 20 nitrogen and oxygen atoms in total. The molecule has 0 radical (unpaired) electrons. The molecule has 0 aromatic carbocycles. The van der Waals surface area contributed by atoms with E-state index in [1.165, 1.54) is 6.08 Å². The van der Waals surface area contributed by atoms with Crippen LogP contribution in [0.5, 0.6) is 0 Å². The maximum Gasteiger partial charge on any atom is 0.330 e. The van der Waals surface area contributed by atoms with E-state index in [1.807, 2.05) is 0 Å². The van der Waals surface area contributed by atoms with Crippen LogP contribution in [0, 0.1) is 17.8 Å². The van der Waals surface area contributed by atoms with Gasteiger partial charge in [-0.2, -0.15) is 0 Å². The summed E-state index contributed by atoms with van der Waals surface area (Å²) in [6, 6.07) is 0. The van der Waals surface area contributed by atoms with Crippen molar-refractivity contribution < 1.29 is 98.6 Å². The lowest BCUT2D eigenvalue weighted by Gasteiger charge is -2.52. The zero-order valence-electron chi connectivity index (χ0n) is 32.7. The van der Waals surface area contributed by atoms with Gasteiger partial charge in [-0.1, -0.05) is 6.08 Å². The van der Waals surface area contributed by atoms with Gasteiger partial charge in [-0.25, -0.2) is 4.79 Å². The van der Waals surface area contributed by atoms with Crippen molar-refractivity contribution in [2.45, 2.75) is 181 Å². The molecule has 0 aromatic heterocycles. The van der Waals surface area contributed by atoms with Gasteiger partial charge in [-0.15, -0.1) is 0 Å². The monoisotopic (exact) mass is 848 g/mol. The minimum atomic E-state index is -1.83. The summed E-state index contributed by atoms with van der Waals surface area (Å²) in [4.78, 5) is 35.3. The maximum atomic E-state index is 12.6. The highest BCUT2D eigenvalue weighted by molar-refractivity contribution is 5.90. The van der Waals surface area contributed by atoms with Crippen molar-refractivity contribution in [2.75, 3.05) is 13.2 Å². The van der Waals surface area contributed by atoms with Crippen LogP contribution in [-0.4, -0.2) is 186 Å². The van der Waals surface area contributed by atoms with Crippen molar-refractivity contribution in [3.8, 4) is 0 Å². The molecule has 336 valence electrons. The molecule has 20 heteroatoms. The van der Waals surface area contributed by atoms with Crippen molar-refractivity contribution >= 4 is 17.9 Å². The lowest BCUT2D eigenvalue weighted by Crippen LogP contribution is -2.63. The number of carbonyl (C=O) groups is 3. The SMILES string of the molecule is O=C(O)CC(=O)OCC1OC(OC2CC(O)CC3OC(C4CCC(O)CC4)C(OC4OC(COC(=O)C=CC5CCC(O)CC5)C(O)C(O)C4O)CC23)C(O)C(O)C1O. The Hall–Kier alpha value is -2.41. The lowest BCUT2D eigenvalue weighted by atomic mass is 9.73. The number of aliphatic hydroxyl groups excluding tert-OH is 9. The van der Waals surface area contributed by atoms with Crippen LogP contribution >= 0.6 is 0 Å². The number of carbonyl (C=O) groups excluding carboxylic acids is 2. The van der Waals surface area contributed by atoms with Crippen molar-refractivity contribution in [3.63, 3.8) is 0 Å². The highest BCUT2D eigenvalue weighted by atomic mass is 16.7. The Morgan fingerprint density at radius 1 is 0.576 bits per heavy atom. The van der Waals surface area contributed by atoms with Gasteiger partial charge in [0.15, 0.2) is 12.6 Å². The summed E-state index contributed by atoms with van der Waals surface area (Å²) < 4.78 is 41.2. The van der Waals surface area contributed by atoms with Crippen LogP contribution in [0.1, 0.15) is 77.0 Å². The number of hydrogen-bond acceptors (Lipinski definition) is 19. The molecule has 3 saturated carbocycles. The molecule has 3 aliphatic carbocycles. The van der Waals surface area contributed by atoms with Gasteiger partial charge in [0.25, 0.3) is 0 Å². The number of ether oxygens (including phenoxy) is 7. The Balaban J connectivity index is 1.15. The van der Waals surface area contributed by atoms with Gasteiger partial charge in [0.05, 0.1) is 42.7 Å². The summed E-state index contributed by atoms with van der Waals surface area (Å²) in [6.07, 6.45) is -14.0. The normalized spacial score (nSPS) is 45.6. The van der Waals surface area contributed by atoms with Gasteiger partial charge < -0.3 is 84.2 Å². The zero-order chi connectivity index (χ0) is 42.5. The van der Waals surface area contributed by atoms with Crippen LogP contribution in [0.4, 0.5) is 0 Å². The molecule has 0 bridgehead atoms. The first-order valence-corrected chi connectivity index (χ1v) is 20.7. The van der Waals surface area contributed by atoms with E-state index in [9.17, 15) is 60.3 Å². The quantitative estimate of drug-likeness (QED) is 0.0521. The molecular formula is C39H60O20. The third kappa shape index (κ3) is 11.7. The standard InChI is InChI=1S/C39H60O20/c40-19-6-1-17(2-7-19)3-10-29(45)53-15-26-31(47)34(50)36(52)39(59-26)57-25-13-22-23(55-37(25)18-4-8-20(41)9-5-18)11-21(42)12-24(22)56-38-35(51)33(49)32(48)27(58-38)16-54-30(46)14-28(43)44/h3,10,17-27,31-42,47-52H,1-2,4-9,11-16H2,(H,43,44). The van der Waals surface area contributed by atoms with E-state index < -0.39 is 141 Å². The Morgan fingerprint density at radius 3 is 1.69 bits per heavy atom. The van der Waals surface area contributed by atoms with E-state index in [-0.39, 0.29) is 37.2 Å². The van der Waals surface area contributed by atoms with Crippen LogP contribution in [-0.2, 0) is 47.5 Å². The van der Waals surface area contributed by atoms with Crippen molar-refractivity contribution in [3.05, 3.63) is 12.2 Å². The summed E-state index contributed by atoms with van der Waals surface area (Å²) in [5, 5.41) is 105. The van der Waals surface area contributed by atoms with Gasteiger partial charge >= 0.3 is 17.9 Å². The first-order chi connectivity index (χ1) is 28.1. The van der Waals surface area contributed by atoms with Crippen molar-refractivity contribution in [2.24, 2.45) is 17.8 Å². The van der Waals surface area contributed by atoms with Crippen LogP contribution in [0.25, 0.3) is 0 Å². The Labute approximate surface area is 340 Å². The Bertz CT molecular complexity index is 1420. The molecule has 6 fully saturated rings. The number of aliphatic hydroxyl groups is 9. The van der Waals surface area contributed by atoms with Crippen molar-refractivity contribution in [1.29, 1.82) is 0 Å².